The minimum atomic E-state index is -0.0262. The number of nitrogens with one attached hydrogen (secondary N) is 1. The predicted molar refractivity (Wildman–Crippen MR) is 130 cm³/mol. The molecule has 8 heteroatoms. The van der Waals surface area contributed by atoms with Crippen LogP contribution in [-0.4, -0.2) is 72.8 Å². The standard InChI is InChI=1S/C24H30Cl2N4O2/c1-17-5-4-6-18(2)24(17)27-22(31)15-29-9-11-30(12-10-29)23(32)16-28(3)14-19-7-8-20(25)13-21(19)26/h4-8,13H,9-12,14-16H2,1-3H3,(H,27,31). The van der Waals surface area contributed by atoms with Gasteiger partial charge in [0.05, 0.1) is 13.1 Å². The van der Waals surface area contributed by atoms with Crippen LogP contribution >= 0.6 is 23.2 Å². The third-order valence-electron chi connectivity index (χ3n) is 5.70. The molecule has 0 saturated carbocycles. The topological polar surface area (TPSA) is 55.9 Å². The van der Waals surface area contributed by atoms with Crippen molar-refractivity contribution < 1.29 is 9.59 Å². The average Bonchev–Trinajstić information content (AvgIpc) is 2.73. The smallest absolute Gasteiger partial charge is 0.238 e. The molecule has 32 heavy (non-hydrogen) atoms. The minimum absolute atomic E-state index is 0.0262. The number of carbonyl (C=O) groups is 2. The Morgan fingerprint density at radius 2 is 1.69 bits per heavy atom. The molecule has 2 amide bonds. The van der Waals surface area contributed by atoms with Gasteiger partial charge < -0.3 is 10.2 Å². The molecule has 1 aliphatic rings. The maximum absolute atomic E-state index is 12.7. The molecule has 2 aromatic rings. The van der Waals surface area contributed by atoms with Gasteiger partial charge in [0.1, 0.15) is 0 Å². The Kier molecular flexibility index (Phi) is 8.54. The first kappa shape index (κ1) is 24.5. The number of hydrogen-bond acceptors (Lipinski definition) is 4. The van der Waals surface area contributed by atoms with Gasteiger partial charge in [0, 0.05) is 48.5 Å². The van der Waals surface area contributed by atoms with E-state index >= 15 is 0 Å². The summed E-state index contributed by atoms with van der Waals surface area (Å²) in [4.78, 5) is 31.1. The number of rotatable bonds is 7. The number of benzene rings is 2. The molecular formula is C24H30Cl2N4O2. The van der Waals surface area contributed by atoms with Crippen LogP contribution < -0.4 is 5.32 Å². The van der Waals surface area contributed by atoms with Crippen molar-refractivity contribution in [2.45, 2.75) is 20.4 Å². The van der Waals surface area contributed by atoms with Crippen LogP contribution in [0, 0.1) is 13.8 Å². The number of para-hydroxylation sites is 1. The van der Waals surface area contributed by atoms with Crippen molar-refractivity contribution in [3.8, 4) is 0 Å². The first-order valence-electron chi connectivity index (χ1n) is 10.7. The highest BCUT2D eigenvalue weighted by Gasteiger charge is 2.23. The normalized spacial score (nSPS) is 14.6. The van der Waals surface area contributed by atoms with Crippen LogP contribution in [0.3, 0.4) is 0 Å². The maximum Gasteiger partial charge on any atom is 0.238 e. The third-order valence-corrected chi connectivity index (χ3v) is 6.29. The number of piperazine rings is 1. The van der Waals surface area contributed by atoms with Crippen LogP contribution in [0.2, 0.25) is 10.0 Å². The molecule has 0 unspecified atom stereocenters. The Labute approximate surface area is 200 Å². The van der Waals surface area contributed by atoms with E-state index in [1.54, 1.807) is 12.1 Å². The predicted octanol–water partition coefficient (Wildman–Crippen LogP) is 3.82. The quantitative estimate of drug-likeness (QED) is 0.659. The lowest BCUT2D eigenvalue weighted by Crippen LogP contribution is -2.52. The maximum atomic E-state index is 12.7. The molecule has 0 radical (unpaired) electrons. The van der Waals surface area contributed by atoms with E-state index in [1.165, 1.54) is 0 Å². The van der Waals surface area contributed by atoms with E-state index in [1.807, 2.05) is 55.0 Å². The third kappa shape index (κ3) is 6.69. The Bertz CT molecular complexity index is 954. The summed E-state index contributed by atoms with van der Waals surface area (Å²) in [6.45, 7) is 7.78. The molecular weight excluding hydrogens is 447 g/mol. The van der Waals surface area contributed by atoms with E-state index in [4.69, 9.17) is 23.2 Å². The number of aryl methyl sites for hydroxylation is 2. The SMILES string of the molecule is Cc1cccc(C)c1NC(=O)CN1CCN(C(=O)CN(C)Cc2ccc(Cl)cc2Cl)CC1. The highest BCUT2D eigenvalue weighted by molar-refractivity contribution is 6.35. The van der Waals surface area contributed by atoms with E-state index in [-0.39, 0.29) is 11.8 Å². The molecule has 172 valence electrons. The van der Waals surface area contributed by atoms with Gasteiger partial charge in [-0.1, -0.05) is 47.5 Å². The van der Waals surface area contributed by atoms with Crippen LogP contribution in [0.4, 0.5) is 5.69 Å². The van der Waals surface area contributed by atoms with E-state index in [0.717, 1.165) is 22.4 Å². The first-order chi connectivity index (χ1) is 15.2. The van der Waals surface area contributed by atoms with Gasteiger partial charge in [0.25, 0.3) is 0 Å². The average molecular weight is 477 g/mol. The lowest BCUT2D eigenvalue weighted by Gasteiger charge is -2.35. The van der Waals surface area contributed by atoms with Gasteiger partial charge in [-0.3, -0.25) is 19.4 Å². The first-order valence-corrected chi connectivity index (χ1v) is 11.5. The molecule has 0 bridgehead atoms. The molecule has 1 fully saturated rings. The summed E-state index contributed by atoms with van der Waals surface area (Å²) in [5, 5.41) is 4.23. The van der Waals surface area contributed by atoms with Gasteiger partial charge in [-0.05, 0) is 49.7 Å². The van der Waals surface area contributed by atoms with Crippen LogP contribution in [0.5, 0.6) is 0 Å². The molecule has 1 heterocycles. The summed E-state index contributed by atoms with van der Waals surface area (Å²) >= 11 is 12.2. The Balaban J connectivity index is 1.43. The summed E-state index contributed by atoms with van der Waals surface area (Å²) in [5.74, 6) is 0.0546. The van der Waals surface area contributed by atoms with Crippen molar-refractivity contribution in [1.29, 1.82) is 0 Å². The molecule has 1 saturated heterocycles. The fourth-order valence-electron chi connectivity index (χ4n) is 3.88. The van der Waals surface area contributed by atoms with Crippen molar-refractivity contribution in [2.24, 2.45) is 0 Å². The lowest BCUT2D eigenvalue weighted by molar-refractivity contribution is -0.134. The number of amides is 2. The van der Waals surface area contributed by atoms with Crippen molar-refractivity contribution in [1.82, 2.24) is 14.7 Å². The number of likely N-dealkylation sites (N-methyl/N-ethyl adjacent to an activating group) is 1. The van der Waals surface area contributed by atoms with Crippen LogP contribution in [0.1, 0.15) is 16.7 Å². The van der Waals surface area contributed by atoms with Gasteiger partial charge in [0.2, 0.25) is 11.8 Å². The summed E-state index contributed by atoms with van der Waals surface area (Å²) in [5.41, 5.74) is 3.93. The van der Waals surface area contributed by atoms with Crippen molar-refractivity contribution in [3.05, 3.63) is 63.1 Å². The molecule has 0 spiro atoms. The summed E-state index contributed by atoms with van der Waals surface area (Å²) < 4.78 is 0. The zero-order chi connectivity index (χ0) is 23.3. The van der Waals surface area contributed by atoms with Gasteiger partial charge in [-0.25, -0.2) is 0 Å². The lowest BCUT2D eigenvalue weighted by atomic mass is 10.1. The molecule has 6 nitrogen and oxygen atoms in total. The monoisotopic (exact) mass is 476 g/mol. The van der Waals surface area contributed by atoms with Crippen molar-refractivity contribution >= 4 is 40.7 Å². The second-order valence-electron chi connectivity index (χ2n) is 8.38. The van der Waals surface area contributed by atoms with E-state index in [0.29, 0.717) is 55.9 Å². The number of hydrogen-bond donors (Lipinski definition) is 1. The van der Waals surface area contributed by atoms with Gasteiger partial charge >= 0.3 is 0 Å². The minimum Gasteiger partial charge on any atom is -0.339 e. The van der Waals surface area contributed by atoms with Crippen LogP contribution in [-0.2, 0) is 16.1 Å². The Morgan fingerprint density at radius 1 is 1.03 bits per heavy atom. The van der Waals surface area contributed by atoms with Gasteiger partial charge in [0.15, 0.2) is 0 Å². The zero-order valence-corrected chi connectivity index (χ0v) is 20.3. The van der Waals surface area contributed by atoms with E-state index < -0.39 is 0 Å². The fourth-order valence-corrected chi connectivity index (χ4v) is 4.34. The number of carbonyl (C=O) groups excluding carboxylic acids is 2. The highest BCUT2D eigenvalue weighted by Crippen LogP contribution is 2.22. The Hall–Kier alpha value is -2.12. The highest BCUT2D eigenvalue weighted by atomic mass is 35.5. The number of anilines is 1. The van der Waals surface area contributed by atoms with Crippen molar-refractivity contribution in [3.63, 3.8) is 0 Å². The van der Waals surface area contributed by atoms with Gasteiger partial charge in [-0.15, -0.1) is 0 Å². The zero-order valence-electron chi connectivity index (χ0n) is 18.8. The summed E-state index contributed by atoms with van der Waals surface area (Å²) in [6, 6.07) is 11.4. The van der Waals surface area contributed by atoms with Crippen LogP contribution in [0.15, 0.2) is 36.4 Å². The summed E-state index contributed by atoms with van der Waals surface area (Å²) in [6.07, 6.45) is 0. The molecule has 0 aromatic heterocycles. The van der Waals surface area contributed by atoms with Crippen molar-refractivity contribution in [2.75, 3.05) is 51.6 Å². The van der Waals surface area contributed by atoms with Gasteiger partial charge in [-0.2, -0.15) is 0 Å². The molecule has 2 aromatic carbocycles. The summed E-state index contributed by atoms with van der Waals surface area (Å²) in [7, 11) is 1.90. The molecule has 1 N–H and O–H groups in total. The largest absolute Gasteiger partial charge is 0.339 e. The second-order valence-corrected chi connectivity index (χ2v) is 9.22. The Morgan fingerprint density at radius 3 is 2.31 bits per heavy atom. The number of nitrogens with zero attached hydrogens (tertiary/aromatic N) is 3. The second kappa shape index (κ2) is 11.1. The fraction of sp³-hybridized carbons (Fsp3) is 0.417. The number of halogens is 2. The molecule has 0 aliphatic carbocycles. The van der Waals surface area contributed by atoms with E-state index in [2.05, 4.69) is 10.2 Å². The molecule has 3 rings (SSSR count). The molecule has 1 aliphatic heterocycles. The molecule has 0 atom stereocenters. The van der Waals surface area contributed by atoms with E-state index in [9.17, 15) is 9.59 Å². The van der Waals surface area contributed by atoms with Crippen LogP contribution in [0.25, 0.3) is 0 Å².